The highest BCUT2D eigenvalue weighted by Crippen LogP contribution is 2.38. The molecule has 0 aliphatic rings. The number of aryl methyl sites for hydroxylation is 1. The van der Waals surface area contributed by atoms with Gasteiger partial charge >= 0.3 is 0 Å². The van der Waals surface area contributed by atoms with Crippen molar-refractivity contribution in [1.29, 1.82) is 0 Å². The second-order valence-electron chi connectivity index (χ2n) is 6.36. The molecule has 138 valence electrons. The minimum atomic E-state index is -0.325. The number of halogens is 2. The van der Waals surface area contributed by atoms with Crippen LogP contribution in [0.3, 0.4) is 0 Å². The zero-order chi connectivity index (χ0) is 19.0. The number of aromatic nitrogens is 4. The van der Waals surface area contributed by atoms with Crippen molar-refractivity contribution in [2.75, 3.05) is 6.61 Å². The van der Waals surface area contributed by atoms with Crippen LogP contribution in [0.15, 0.2) is 41.1 Å². The maximum Gasteiger partial charge on any atom is 0.182 e. The number of hydrogen-bond donors (Lipinski definition) is 0. The first-order valence-electron chi connectivity index (χ1n) is 8.81. The van der Waals surface area contributed by atoms with E-state index < -0.39 is 0 Å². The van der Waals surface area contributed by atoms with E-state index in [1.54, 1.807) is 18.5 Å². The summed E-state index contributed by atoms with van der Waals surface area (Å²) in [5.74, 6) is 0.320. The summed E-state index contributed by atoms with van der Waals surface area (Å²) in [5, 5.41) is 8.09. The van der Waals surface area contributed by atoms with E-state index in [0.29, 0.717) is 34.6 Å². The van der Waals surface area contributed by atoms with Crippen LogP contribution in [0, 0.1) is 12.7 Å². The smallest absolute Gasteiger partial charge is 0.182 e. The average molecular weight is 429 g/mol. The molecule has 2 aromatic carbocycles. The summed E-state index contributed by atoms with van der Waals surface area (Å²) < 4.78 is 23.2. The Hall–Kier alpha value is -2.54. The third-order valence-electron chi connectivity index (χ3n) is 4.49. The number of ether oxygens (including phenoxy) is 1. The van der Waals surface area contributed by atoms with E-state index in [1.165, 1.54) is 6.07 Å². The Labute approximate surface area is 164 Å². The SMILES string of the molecule is CCCCOc1ccc(F)c(-c2c(Br)ccc3c2nc(C)c2nncn23)c1. The Bertz CT molecular complexity index is 1140. The summed E-state index contributed by atoms with van der Waals surface area (Å²) in [6.45, 7) is 4.58. The van der Waals surface area contributed by atoms with Crippen LogP contribution in [-0.4, -0.2) is 26.2 Å². The van der Waals surface area contributed by atoms with Crippen molar-refractivity contribution >= 4 is 32.6 Å². The fourth-order valence-electron chi connectivity index (χ4n) is 3.12. The van der Waals surface area contributed by atoms with Gasteiger partial charge in [0.2, 0.25) is 0 Å². The first kappa shape index (κ1) is 17.9. The Balaban J connectivity index is 1.94. The maximum absolute atomic E-state index is 14.8. The van der Waals surface area contributed by atoms with Crippen LogP contribution in [0.4, 0.5) is 4.39 Å². The van der Waals surface area contributed by atoms with Gasteiger partial charge in [0.25, 0.3) is 0 Å². The molecule has 0 radical (unpaired) electrons. The van der Waals surface area contributed by atoms with E-state index in [-0.39, 0.29) is 5.82 Å². The van der Waals surface area contributed by atoms with Crippen LogP contribution in [0.1, 0.15) is 25.5 Å². The van der Waals surface area contributed by atoms with Crippen molar-refractivity contribution in [1.82, 2.24) is 19.6 Å². The zero-order valence-electron chi connectivity index (χ0n) is 15.0. The molecular weight excluding hydrogens is 411 g/mol. The molecule has 7 heteroatoms. The van der Waals surface area contributed by atoms with Crippen molar-refractivity contribution in [3.63, 3.8) is 0 Å². The van der Waals surface area contributed by atoms with Gasteiger partial charge in [-0.2, -0.15) is 0 Å². The van der Waals surface area contributed by atoms with Gasteiger partial charge < -0.3 is 4.74 Å². The first-order valence-corrected chi connectivity index (χ1v) is 9.60. The fourth-order valence-corrected chi connectivity index (χ4v) is 3.65. The Morgan fingerprint density at radius 1 is 1.22 bits per heavy atom. The molecule has 0 atom stereocenters. The van der Waals surface area contributed by atoms with Crippen LogP contribution >= 0.6 is 15.9 Å². The summed E-state index contributed by atoms with van der Waals surface area (Å²) >= 11 is 3.57. The molecule has 5 nitrogen and oxygen atoms in total. The fraction of sp³-hybridized carbons (Fsp3) is 0.250. The van der Waals surface area contributed by atoms with Gasteiger partial charge in [-0.25, -0.2) is 9.37 Å². The van der Waals surface area contributed by atoms with Gasteiger partial charge in [-0.15, -0.1) is 10.2 Å². The lowest BCUT2D eigenvalue weighted by atomic mass is 10.0. The van der Waals surface area contributed by atoms with Crippen molar-refractivity contribution in [3.05, 3.63) is 52.6 Å². The monoisotopic (exact) mass is 428 g/mol. The maximum atomic E-state index is 14.8. The molecule has 0 amide bonds. The predicted molar refractivity (Wildman–Crippen MR) is 107 cm³/mol. The second-order valence-corrected chi connectivity index (χ2v) is 7.21. The molecule has 27 heavy (non-hydrogen) atoms. The molecule has 0 aliphatic heterocycles. The summed E-state index contributed by atoms with van der Waals surface area (Å²) in [5.41, 5.74) is 4.04. The zero-order valence-corrected chi connectivity index (χ0v) is 16.6. The van der Waals surface area contributed by atoms with Crippen molar-refractivity contribution in [2.24, 2.45) is 0 Å². The molecule has 2 aromatic heterocycles. The van der Waals surface area contributed by atoms with Crippen molar-refractivity contribution < 1.29 is 9.13 Å². The largest absolute Gasteiger partial charge is 0.494 e. The highest BCUT2D eigenvalue weighted by molar-refractivity contribution is 9.10. The van der Waals surface area contributed by atoms with Gasteiger partial charge in [-0.05, 0) is 43.7 Å². The number of benzene rings is 2. The number of rotatable bonds is 5. The van der Waals surface area contributed by atoms with E-state index in [9.17, 15) is 4.39 Å². The Kier molecular flexibility index (Phi) is 4.78. The van der Waals surface area contributed by atoms with E-state index in [1.807, 2.05) is 23.5 Å². The van der Waals surface area contributed by atoms with Gasteiger partial charge in [-0.3, -0.25) is 4.40 Å². The molecule has 0 N–H and O–H groups in total. The van der Waals surface area contributed by atoms with Crippen molar-refractivity contribution in [2.45, 2.75) is 26.7 Å². The summed E-state index contributed by atoms with van der Waals surface area (Å²) in [4.78, 5) is 4.70. The summed E-state index contributed by atoms with van der Waals surface area (Å²) in [6.07, 6.45) is 3.64. The molecule has 4 rings (SSSR count). The molecule has 0 aliphatic carbocycles. The van der Waals surface area contributed by atoms with Gasteiger partial charge in [0.15, 0.2) is 5.65 Å². The van der Waals surface area contributed by atoms with E-state index in [2.05, 4.69) is 33.1 Å². The van der Waals surface area contributed by atoms with E-state index >= 15 is 0 Å². The Morgan fingerprint density at radius 2 is 2.07 bits per heavy atom. The predicted octanol–water partition coefficient (Wildman–Crippen LogP) is 5.33. The van der Waals surface area contributed by atoms with E-state index in [4.69, 9.17) is 9.72 Å². The van der Waals surface area contributed by atoms with Crippen LogP contribution in [-0.2, 0) is 0 Å². The molecule has 0 spiro atoms. The van der Waals surface area contributed by atoms with Crippen LogP contribution in [0.25, 0.3) is 27.8 Å². The minimum absolute atomic E-state index is 0.325. The molecule has 2 heterocycles. The standard InChI is InChI=1S/C20H18BrFN4O/c1-3-4-9-27-13-5-7-16(22)14(10-13)18-15(21)6-8-17-19(18)24-12(2)20-25-23-11-26(17)20/h5-8,10-11H,3-4,9H2,1-2H3. The topological polar surface area (TPSA) is 52.3 Å². The van der Waals surface area contributed by atoms with Crippen LogP contribution in [0.5, 0.6) is 5.75 Å². The number of nitrogens with zero attached hydrogens (tertiary/aromatic N) is 4. The molecule has 0 bridgehead atoms. The second kappa shape index (κ2) is 7.23. The molecular formula is C20H18BrFN4O. The highest BCUT2D eigenvalue weighted by Gasteiger charge is 2.18. The van der Waals surface area contributed by atoms with Gasteiger partial charge in [0, 0.05) is 15.6 Å². The minimum Gasteiger partial charge on any atom is -0.494 e. The lowest BCUT2D eigenvalue weighted by Gasteiger charge is -2.13. The van der Waals surface area contributed by atoms with Crippen LogP contribution < -0.4 is 4.74 Å². The lowest BCUT2D eigenvalue weighted by Crippen LogP contribution is -2.00. The van der Waals surface area contributed by atoms with Crippen molar-refractivity contribution in [3.8, 4) is 16.9 Å². The average Bonchev–Trinajstić information content (AvgIpc) is 3.14. The first-order chi connectivity index (χ1) is 13.1. The molecule has 0 unspecified atom stereocenters. The third kappa shape index (κ3) is 3.16. The number of hydrogen-bond acceptors (Lipinski definition) is 4. The van der Waals surface area contributed by atoms with Gasteiger partial charge in [0.1, 0.15) is 17.9 Å². The third-order valence-corrected chi connectivity index (χ3v) is 5.15. The van der Waals surface area contributed by atoms with Crippen LogP contribution in [0.2, 0.25) is 0 Å². The number of unbranched alkanes of at least 4 members (excludes halogenated alkanes) is 1. The summed E-state index contributed by atoms with van der Waals surface area (Å²) in [7, 11) is 0. The molecule has 0 saturated heterocycles. The molecule has 0 fully saturated rings. The highest BCUT2D eigenvalue weighted by atomic mass is 79.9. The normalized spacial score (nSPS) is 11.4. The lowest BCUT2D eigenvalue weighted by molar-refractivity contribution is 0.309. The Morgan fingerprint density at radius 3 is 2.89 bits per heavy atom. The van der Waals surface area contributed by atoms with Gasteiger partial charge in [0.05, 0.1) is 23.3 Å². The van der Waals surface area contributed by atoms with E-state index in [0.717, 1.165) is 28.5 Å². The quantitative estimate of drug-likeness (QED) is 0.403. The molecule has 4 aromatic rings. The number of fused-ring (bicyclic) bond motifs is 3. The molecule has 0 saturated carbocycles. The summed E-state index contributed by atoms with van der Waals surface area (Å²) in [6, 6.07) is 8.64. The van der Waals surface area contributed by atoms with Gasteiger partial charge in [-0.1, -0.05) is 29.3 Å².